The number of H-pyrrole nitrogens is 1. The number of nitrogens with zero attached hydrogens (tertiary/aromatic N) is 3. The van der Waals surface area contributed by atoms with Crippen LogP contribution >= 0.6 is 0 Å². The van der Waals surface area contributed by atoms with Gasteiger partial charge in [0.2, 0.25) is 0 Å². The Labute approximate surface area is 156 Å². The molecule has 0 bridgehead atoms. The predicted octanol–water partition coefficient (Wildman–Crippen LogP) is 3.35. The Bertz CT molecular complexity index is 973. The number of likely N-dealkylation sites (tertiary alicyclic amines) is 1. The van der Waals surface area contributed by atoms with Crippen molar-refractivity contribution in [1.29, 1.82) is 0 Å². The van der Waals surface area contributed by atoms with Gasteiger partial charge in [-0.25, -0.2) is 9.37 Å². The van der Waals surface area contributed by atoms with E-state index < -0.39 is 0 Å². The highest BCUT2D eigenvalue weighted by Crippen LogP contribution is 2.27. The summed E-state index contributed by atoms with van der Waals surface area (Å²) in [5.74, 6) is 0.521. The quantitative estimate of drug-likeness (QED) is 0.771. The first-order valence-electron chi connectivity index (χ1n) is 9.16. The van der Waals surface area contributed by atoms with E-state index in [-0.39, 0.29) is 17.3 Å². The summed E-state index contributed by atoms with van der Waals surface area (Å²) in [6.45, 7) is 2.25. The SMILES string of the molecule is O=c1cc([C@H]2CCCN(Cc3ccccc3F)C2)nc(-c2cccnc2)[nH]1. The fourth-order valence-electron chi connectivity index (χ4n) is 3.63. The van der Waals surface area contributed by atoms with Crippen molar-refractivity contribution in [3.05, 3.63) is 82.3 Å². The van der Waals surface area contributed by atoms with E-state index in [0.717, 1.165) is 37.2 Å². The Balaban J connectivity index is 1.55. The molecule has 1 aromatic carbocycles. The third-order valence-electron chi connectivity index (χ3n) is 4.97. The Hall–Kier alpha value is -2.86. The number of hydrogen-bond donors (Lipinski definition) is 1. The second-order valence-corrected chi connectivity index (χ2v) is 6.93. The molecule has 138 valence electrons. The molecule has 0 saturated carbocycles. The van der Waals surface area contributed by atoms with Crippen LogP contribution in [0.4, 0.5) is 4.39 Å². The van der Waals surface area contributed by atoms with Crippen molar-refractivity contribution in [2.45, 2.75) is 25.3 Å². The number of piperidine rings is 1. The molecular formula is C21H21FN4O. The first-order chi connectivity index (χ1) is 13.2. The lowest BCUT2D eigenvalue weighted by Gasteiger charge is -2.32. The zero-order valence-corrected chi connectivity index (χ0v) is 14.9. The molecule has 1 N–H and O–H groups in total. The van der Waals surface area contributed by atoms with Crippen molar-refractivity contribution >= 4 is 0 Å². The normalized spacial score (nSPS) is 17.7. The van der Waals surface area contributed by atoms with Crippen molar-refractivity contribution in [2.75, 3.05) is 13.1 Å². The molecule has 1 atom stereocenters. The Morgan fingerprint density at radius 3 is 2.93 bits per heavy atom. The summed E-state index contributed by atoms with van der Waals surface area (Å²) in [7, 11) is 0. The lowest BCUT2D eigenvalue weighted by molar-refractivity contribution is 0.196. The second-order valence-electron chi connectivity index (χ2n) is 6.93. The third-order valence-corrected chi connectivity index (χ3v) is 4.97. The molecule has 2 aromatic heterocycles. The van der Waals surface area contributed by atoms with E-state index in [1.807, 2.05) is 24.3 Å². The largest absolute Gasteiger partial charge is 0.306 e. The molecule has 3 aromatic rings. The van der Waals surface area contributed by atoms with Crippen molar-refractivity contribution < 1.29 is 4.39 Å². The molecule has 5 nitrogen and oxygen atoms in total. The summed E-state index contributed by atoms with van der Waals surface area (Å²) in [6, 6.07) is 12.2. The number of halogens is 1. The Morgan fingerprint density at radius 2 is 2.11 bits per heavy atom. The Morgan fingerprint density at radius 1 is 1.22 bits per heavy atom. The van der Waals surface area contributed by atoms with Crippen LogP contribution in [0, 0.1) is 5.82 Å². The minimum atomic E-state index is -0.173. The maximum Gasteiger partial charge on any atom is 0.251 e. The number of aromatic amines is 1. The predicted molar refractivity (Wildman–Crippen MR) is 102 cm³/mol. The van der Waals surface area contributed by atoms with Crippen LogP contribution in [-0.4, -0.2) is 32.9 Å². The zero-order chi connectivity index (χ0) is 18.6. The van der Waals surface area contributed by atoms with E-state index in [1.54, 1.807) is 24.5 Å². The van der Waals surface area contributed by atoms with E-state index >= 15 is 0 Å². The number of benzene rings is 1. The highest BCUT2D eigenvalue weighted by atomic mass is 19.1. The molecule has 3 heterocycles. The molecule has 0 radical (unpaired) electrons. The van der Waals surface area contributed by atoms with Crippen LogP contribution in [0.1, 0.15) is 30.0 Å². The minimum Gasteiger partial charge on any atom is -0.306 e. The van der Waals surface area contributed by atoms with Crippen LogP contribution in [0.3, 0.4) is 0 Å². The van der Waals surface area contributed by atoms with Gasteiger partial charge < -0.3 is 4.98 Å². The summed E-state index contributed by atoms with van der Waals surface area (Å²) in [5.41, 5.74) is 2.12. The van der Waals surface area contributed by atoms with E-state index in [4.69, 9.17) is 4.98 Å². The van der Waals surface area contributed by atoms with Gasteiger partial charge in [0.25, 0.3) is 5.56 Å². The molecule has 0 aliphatic carbocycles. The molecule has 1 aliphatic heterocycles. The third kappa shape index (κ3) is 4.11. The number of hydrogen-bond acceptors (Lipinski definition) is 4. The fourth-order valence-corrected chi connectivity index (χ4v) is 3.63. The molecule has 1 saturated heterocycles. The molecule has 0 spiro atoms. The number of rotatable bonds is 4. The number of pyridine rings is 1. The highest BCUT2D eigenvalue weighted by molar-refractivity contribution is 5.52. The lowest BCUT2D eigenvalue weighted by Crippen LogP contribution is -2.35. The van der Waals surface area contributed by atoms with Crippen LogP contribution in [0.15, 0.2) is 59.7 Å². The minimum absolute atomic E-state index is 0.156. The van der Waals surface area contributed by atoms with E-state index in [1.165, 1.54) is 6.07 Å². The summed E-state index contributed by atoms with van der Waals surface area (Å²) >= 11 is 0. The van der Waals surface area contributed by atoms with Crippen LogP contribution in [-0.2, 0) is 6.54 Å². The van der Waals surface area contributed by atoms with Gasteiger partial charge in [0.1, 0.15) is 11.6 Å². The van der Waals surface area contributed by atoms with E-state index in [9.17, 15) is 9.18 Å². The first kappa shape index (κ1) is 17.5. The van der Waals surface area contributed by atoms with Crippen molar-refractivity contribution in [2.24, 2.45) is 0 Å². The lowest BCUT2D eigenvalue weighted by atomic mass is 9.94. The zero-order valence-electron chi connectivity index (χ0n) is 14.9. The van der Waals surface area contributed by atoms with Gasteiger partial charge in [-0.3, -0.25) is 14.7 Å². The number of nitrogens with one attached hydrogen (secondary N) is 1. The maximum atomic E-state index is 14.0. The van der Waals surface area contributed by atoms with Crippen LogP contribution in [0.25, 0.3) is 11.4 Å². The second kappa shape index (κ2) is 7.80. The fraction of sp³-hybridized carbons (Fsp3) is 0.286. The van der Waals surface area contributed by atoms with Gasteiger partial charge >= 0.3 is 0 Å². The van der Waals surface area contributed by atoms with E-state index in [0.29, 0.717) is 17.9 Å². The first-order valence-corrected chi connectivity index (χ1v) is 9.16. The molecule has 1 fully saturated rings. The average molecular weight is 364 g/mol. The van der Waals surface area contributed by atoms with Crippen molar-refractivity contribution in [3.63, 3.8) is 0 Å². The molecule has 6 heteroatoms. The summed E-state index contributed by atoms with van der Waals surface area (Å²) < 4.78 is 14.0. The van der Waals surface area contributed by atoms with Gasteiger partial charge in [0, 0.05) is 48.6 Å². The topological polar surface area (TPSA) is 61.9 Å². The molecule has 0 unspecified atom stereocenters. The van der Waals surface area contributed by atoms with Gasteiger partial charge in [-0.15, -0.1) is 0 Å². The van der Waals surface area contributed by atoms with Crippen LogP contribution in [0.5, 0.6) is 0 Å². The molecule has 4 rings (SSSR count). The molecule has 0 amide bonds. The average Bonchev–Trinajstić information content (AvgIpc) is 2.70. The number of aromatic nitrogens is 3. The van der Waals surface area contributed by atoms with Gasteiger partial charge in [-0.1, -0.05) is 18.2 Å². The standard InChI is InChI=1S/C21H21FN4O/c22-18-8-2-1-5-16(18)13-26-10-4-7-17(14-26)19-11-20(27)25-21(24-19)15-6-3-9-23-12-15/h1-3,5-6,8-9,11-12,17H,4,7,10,13-14H2,(H,24,25,27)/t17-/m0/s1. The summed E-state index contributed by atoms with van der Waals surface area (Å²) in [4.78, 5) is 26.0. The highest BCUT2D eigenvalue weighted by Gasteiger charge is 2.24. The van der Waals surface area contributed by atoms with Gasteiger partial charge in [0.05, 0.1) is 5.69 Å². The van der Waals surface area contributed by atoms with Crippen LogP contribution in [0.2, 0.25) is 0 Å². The van der Waals surface area contributed by atoms with Crippen molar-refractivity contribution in [3.8, 4) is 11.4 Å². The molecular weight excluding hydrogens is 343 g/mol. The maximum absolute atomic E-state index is 14.0. The smallest absolute Gasteiger partial charge is 0.251 e. The molecule has 27 heavy (non-hydrogen) atoms. The van der Waals surface area contributed by atoms with E-state index in [2.05, 4.69) is 14.9 Å². The molecule has 1 aliphatic rings. The monoisotopic (exact) mass is 364 g/mol. The van der Waals surface area contributed by atoms with Gasteiger partial charge in [-0.2, -0.15) is 0 Å². The summed E-state index contributed by atoms with van der Waals surface area (Å²) in [5, 5.41) is 0. The Kier molecular flexibility index (Phi) is 5.07. The van der Waals surface area contributed by atoms with Gasteiger partial charge in [-0.05, 0) is 37.6 Å². The summed E-state index contributed by atoms with van der Waals surface area (Å²) in [6.07, 6.45) is 5.34. The van der Waals surface area contributed by atoms with Gasteiger partial charge in [0.15, 0.2) is 0 Å². The van der Waals surface area contributed by atoms with Crippen molar-refractivity contribution in [1.82, 2.24) is 19.9 Å². The van der Waals surface area contributed by atoms with Crippen LogP contribution < -0.4 is 5.56 Å².